The number of hydrogen-bond donors (Lipinski definition) is 2. The molecule has 0 aromatic heterocycles. The lowest BCUT2D eigenvalue weighted by atomic mass is 10.1. The maximum absolute atomic E-state index is 10.6. The van der Waals surface area contributed by atoms with Crippen molar-refractivity contribution in [2.75, 3.05) is 6.61 Å². The molecule has 1 rings (SSSR count). The number of nitro benzene ring substituents is 1. The minimum atomic E-state index is -0.535. The van der Waals surface area contributed by atoms with Gasteiger partial charge in [0.2, 0.25) is 0 Å². The average Bonchev–Trinajstić information content (AvgIpc) is 2.18. The molecule has 0 aliphatic carbocycles. The van der Waals surface area contributed by atoms with Crippen LogP contribution in [0.25, 0.3) is 0 Å². The first-order valence-corrected chi connectivity index (χ1v) is 4.17. The molecule has 5 nitrogen and oxygen atoms in total. The first kappa shape index (κ1) is 10.6. The van der Waals surface area contributed by atoms with Gasteiger partial charge in [-0.2, -0.15) is 0 Å². The fourth-order valence-electron chi connectivity index (χ4n) is 1.20. The van der Waals surface area contributed by atoms with Gasteiger partial charge in [-0.1, -0.05) is 6.07 Å². The van der Waals surface area contributed by atoms with Crippen molar-refractivity contribution in [1.82, 2.24) is 0 Å². The zero-order valence-corrected chi connectivity index (χ0v) is 7.51. The fraction of sp³-hybridized carbons (Fsp3) is 0.333. The Balaban J connectivity index is 3.07. The molecule has 0 unspecified atom stereocenters. The van der Waals surface area contributed by atoms with Crippen LogP contribution in [0.3, 0.4) is 0 Å². The number of aliphatic hydroxyl groups is 2. The van der Waals surface area contributed by atoms with E-state index in [-0.39, 0.29) is 24.5 Å². The molecule has 5 heteroatoms. The van der Waals surface area contributed by atoms with E-state index >= 15 is 0 Å². The molecule has 0 bridgehead atoms. The van der Waals surface area contributed by atoms with Crippen molar-refractivity contribution in [3.05, 3.63) is 39.4 Å². The predicted octanol–water partition coefficient (Wildman–Crippen LogP) is 0.622. The van der Waals surface area contributed by atoms with Gasteiger partial charge in [-0.3, -0.25) is 10.1 Å². The number of hydrogen-bond acceptors (Lipinski definition) is 4. The summed E-state index contributed by atoms with van der Waals surface area (Å²) < 4.78 is 0. The second-order valence-corrected chi connectivity index (χ2v) is 2.85. The van der Waals surface area contributed by atoms with Crippen molar-refractivity contribution in [3.63, 3.8) is 0 Å². The molecular weight excluding hydrogens is 186 g/mol. The zero-order chi connectivity index (χ0) is 10.6. The number of nitro groups is 1. The molecule has 0 radical (unpaired) electrons. The van der Waals surface area contributed by atoms with Gasteiger partial charge in [-0.25, -0.2) is 0 Å². The largest absolute Gasteiger partial charge is 0.396 e. The van der Waals surface area contributed by atoms with Crippen LogP contribution in [0.4, 0.5) is 5.69 Å². The molecule has 0 saturated carbocycles. The maximum Gasteiger partial charge on any atom is 0.275 e. The highest BCUT2D eigenvalue weighted by atomic mass is 16.6. The Morgan fingerprint density at radius 3 is 2.57 bits per heavy atom. The van der Waals surface area contributed by atoms with Gasteiger partial charge in [-0.05, 0) is 18.1 Å². The lowest BCUT2D eigenvalue weighted by Gasteiger charge is -2.02. The van der Waals surface area contributed by atoms with E-state index in [2.05, 4.69) is 0 Å². The monoisotopic (exact) mass is 197 g/mol. The molecule has 0 amide bonds. The molecule has 76 valence electrons. The van der Waals surface area contributed by atoms with E-state index in [9.17, 15) is 10.1 Å². The van der Waals surface area contributed by atoms with Crippen LogP contribution in [0.5, 0.6) is 0 Å². The van der Waals surface area contributed by atoms with Crippen LogP contribution in [-0.4, -0.2) is 21.7 Å². The van der Waals surface area contributed by atoms with Gasteiger partial charge >= 0.3 is 0 Å². The summed E-state index contributed by atoms with van der Waals surface area (Å²) in [6, 6.07) is 4.54. The average molecular weight is 197 g/mol. The van der Waals surface area contributed by atoms with Gasteiger partial charge in [0.25, 0.3) is 5.69 Å². The molecule has 0 spiro atoms. The van der Waals surface area contributed by atoms with Gasteiger partial charge in [0.1, 0.15) is 0 Å². The Labute approximate surface area is 80.8 Å². The van der Waals surface area contributed by atoms with Crippen LogP contribution in [0, 0.1) is 10.1 Å². The molecule has 0 fully saturated rings. The topological polar surface area (TPSA) is 83.6 Å². The summed E-state index contributed by atoms with van der Waals surface area (Å²) in [4.78, 5) is 10.0. The Morgan fingerprint density at radius 1 is 1.36 bits per heavy atom. The molecule has 14 heavy (non-hydrogen) atoms. The molecule has 1 aromatic rings. The second-order valence-electron chi connectivity index (χ2n) is 2.85. The third-order valence-corrected chi connectivity index (χ3v) is 1.92. The van der Waals surface area contributed by atoms with Crippen LogP contribution in [0.2, 0.25) is 0 Å². The molecule has 0 aliphatic heterocycles. The van der Waals surface area contributed by atoms with E-state index in [4.69, 9.17) is 10.2 Å². The molecule has 0 atom stereocenters. The summed E-state index contributed by atoms with van der Waals surface area (Å²) in [7, 11) is 0. The summed E-state index contributed by atoms with van der Waals surface area (Å²) in [5.41, 5.74) is 0.881. The quantitative estimate of drug-likeness (QED) is 0.547. The van der Waals surface area contributed by atoms with Crippen LogP contribution >= 0.6 is 0 Å². The smallest absolute Gasteiger partial charge is 0.275 e. The van der Waals surface area contributed by atoms with Gasteiger partial charge in [-0.15, -0.1) is 0 Å². The maximum atomic E-state index is 10.6. The molecular formula is C9H11NO4. The normalized spacial score (nSPS) is 10.1. The van der Waals surface area contributed by atoms with E-state index in [0.29, 0.717) is 12.0 Å². The van der Waals surface area contributed by atoms with E-state index in [1.54, 1.807) is 6.07 Å². The zero-order valence-electron chi connectivity index (χ0n) is 7.51. The first-order valence-electron chi connectivity index (χ1n) is 4.17. The predicted molar refractivity (Wildman–Crippen MR) is 49.8 cm³/mol. The Morgan fingerprint density at radius 2 is 2.07 bits per heavy atom. The summed E-state index contributed by atoms with van der Waals surface area (Å²) in [5, 5.41) is 28.1. The highest BCUT2D eigenvalue weighted by Gasteiger charge is 2.13. The number of benzene rings is 1. The molecule has 0 aliphatic rings. The highest BCUT2D eigenvalue weighted by Crippen LogP contribution is 2.20. The van der Waals surface area contributed by atoms with E-state index < -0.39 is 4.92 Å². The Kier molecular flexibility index (Phi) is 3.55. The Bertz CT molecular complexity index is 338. The van der Waals surface area contributed by atoms with Gasteiger partial charge in [0, 0.05) is 12.7 Å². The number of nitrogens with zero attached hydrogens (tertiary/aromatic N) is 1. The van der Waals surface area contributed by atoms with Gasteiger partial charge < -0.3 is 10.2 Å². The third-order valence-electron chi connectivity index (χ3n) is 1.92. The van der Waals surface area contributed by atoms with Crippen LogP contribution in [0.1, 0.15) is 11.1 Å². The number of aliphatic hydroxyl groups excluding tert-OH is 2. The van der Waals surface area contributed by atoms with Crippen molar-refractivity contribution in [2.45, 2.75) is 13.0 Å². The minimum absolute atomic E-state index is 0.0460. The van der Waals surface area contributed by atoms with Crippen molar-refractivity contribution >= 4 is 5.69 Å². The highest BCUT2D eigenvalue weighted by molar-refractivity contribution is 5.43. The minimum Gasteiger partial charge on any atom is -0.396 e. The third kappa shape index (κ3) is 2.27. The molecule has 2 N–H and O–H groups in total. The summed E-state index contributed by atoms with van der Waals surface area (Å²) in [6.45, 7) is -0.397. The first-order chi connectivity index (χ1) is 6.69. The van der Waals surface area contributed by atoms with Crippen molar-refractivity contribution in [1.29, 1.82) is 0 Å². The van der Waals surface area contributed by atoms with Crippen LogP contribution in [0.15, 0.2) is 18.2 Å². The summed E-state index contributed by atoms with van der Waals surface area (Å²) in [5.74, 6) is 0. The van der Waals surface area contributed by atoms with Gasteiger partial charge in [0.05, 0.1) is 17.1 Å². The Hall–Kier alpha value is -1.46. The summed E-state index contributed by atoms with van der Waals surface area (Å²) in [6.07, 6.45) is 0.381. The van der Waals surface area contributed by atoms with E-state index in [1.807, 2.05) is 0 Å². The van der Waals surface area contributed by atoms with Crippen molar-refractivity contribution < 1.29 is 15.1 Å². The summed E-state index contributed by atoms with van der Waals surface area (Å²) >= 11 is 0. The van der Waals surface area contributed by atoms with Crippen molar-refractivity contribution in [2.24, 2.45) is 0 Å². The van der Waals surface area contributed by atoms with E-state index in [0.717, 1.165) is 0 Å². The van der Waals surface area contributed by atoms with Crippen LogP contribution < -0.4 is 0 Å². The lowest BCUT2D eigenvalue weighted by molar-refractivity contribution is -0.385. The standard InChI is InChI=1S/C9H11NO4/c11-4-3-7-1-2-8(6-12)9(5-7)10(13)14/h1-2,5,11-12H,3-4,6H2. The lowest BCUT2D eigenvalue weighted by Crippen LogP contribution is -1.98. The molecule has 1 aromatic carbocycles. The molecule has 0 heterocycles. The van der Waals surface area contributed by atoms with Gasteiger partial charge in [0.15, 0.2) is 0 Å². The molecule has 0 saturated heterocycles. The second kappa shape index (κ2) is 4.69. The number of rotatable bonds is 4. The van der Waals surface area contributed by atoms with Crippen molar-refractivity contribution in [3.8, 4) is 0 Å². The van der Waals surface area contributed by atoms with Crippen LogP contribution in [-0.2, 0) is 13.0 Å². The SMILES string of the molecule is O=[N+]([O-])c1cc(CCO)ccc1CO. The fourth-order valence-corrected chi connectivity index (χ4v) is 1.20. The van der Waals surface area contributed by atoms with E-state index in [1.165, 1.54) is 12.1 Å².